The molecular formula is C20H17BrN2O2. The Labute approximate surface area is 155 Å². The number of nitrogens with zero attached hydrogens (tertiary/aromatic N) is 1. The van der Waals surface area contributed by atoms with E-state index in [1.807, 2.05) is 54.6 Å². The zero-order chi connectivity index (χ0) is 17.5. The fraction of sp³-hybridized carbons (Fsp3) is 0.100. The number of hydrogen-bond donors (Lipinski definition) is 1. The Morgan fingerprint density at radius 3 is 2.48 bits per heavy atom. The van der Waals surface area contributed by atoms with E-state index < -0.39 is 0 Å². The van der Waals surface area contributed by atoms with Gasteiger partial charge in [-0.05, 0) is 45.3 Å². The summed E-state index contributed by atoms with van der Waals surface area (Å²) in [6, 6.07) is 19.3. The van der Waals surface area contributed by atoms with Crippen molar-refractivity contribution in [2.75, 3.05) is 0 Å². The van der Waals surface area contributed by atoms with Crippen molar-refractivity contribution in [2.45, 2.75) is 13.2 Å². The molecule has 25 heavy (non-hydrogen) atoms. The first-order chi connectivity index (χ1) is 12.2. The Morgan fingerprint density at radius 2 is 1.72 bits per heavy atom. The summed E-state index contributed by atoms with van der Waals surface area (Å²) in [6.45, 7) is 0.883. The van der Waals surface area contributed by atoms with E-state index in [9.17, 15) is 4.79 Å². The van der Waals surface area contributed by atoms with E-state index in [1.165, 1.54) is 0 Å². The lowest BCUT2D eigenvalue weighted by molar-refractivity contribution is 0.0950. The second-order valence-corrected chi connectivity index (χ2v) is 6.36. The standard InChI is InChI=1S/C20H17BrN2O2/c21-18-10-17(11-22-13-18)20(24)23-12-15-6-4-5-7-16(15)14-25-19-8-2-1-3-9-19/h1-11,13H,12,14H2,(H,23,24). The van der Waals surface area contributed by atoms with Crippen LogP contribution < -0.4 is 10.1 Å². The van der Waals surface area contributed by atoms with Gasteiger partial charge in [-0.3, -0.25) is 9.78 Å². The van der Waals surface area contributed by atoms with E-state index in [4.69, 9.17) is 4.74 Å². The molecule has 0 radical (unpaired) electrons. The summed E-state index contributed by atoms with van der Waals surface area (Å²) in [6.07, 6.45) is 3.19. The van der Waals surface area contributed by atoms with Gasteiger partial charge in [0.2, 0.25) is 0 Å². The van der Waals surface area contributed by atoms with Crippen molar-refractivity contribution in [2.24, 2.45) is 0 Å². The predicted molar refractivity (Wildman–Crippen MR) is 100 cm³/mol. The smallest absolute Gasteiger partial charge is 0.253 e. The van der Waals surface area contributed by atoms with Crippen molar-refractivity contribution in [3.8, 4) is 5.75 Å². The molecular weight excluding hydrogens is 380 g/mol. The lowest BCUT2D eigenvalue weighted by Crippen LogP contribution is -2.23. The van der Waals surface area contributed by atoms with Crippen LogP contribution in [0.5, 0.6) is 5.75 Å². The lowest BCUT2D eigenvalue weighted by atomic mass is 10.1. The minimum atomic E-state index is -0.160. The highest BCUT2D eigenvalue weighted by atomic mass is 79.9. The highest BCUT2D eigenvalue weighted by Gasteiger charge is 2.08. The SMILES string of the molecule is O=C(NCc1ccccc1COc1ccccc1)c1cncc(Br)c1. The Balaban J connectivity index is 1.63. The molecule has 0 aliphatic heterocycles. The van der Waals surface area contributed by atoms with Gasteiger partial charge < -0.3 is 10.1 Å². The van der Waals surface area contributed by atoms with E-state index >= 15 is 0 Å². The van der Waals surface area contributed by atoms with Crippen LogP contribution in [0.25, 0.3) is 0 Å². The maximum atomic E-state index is 12.3. The second-order valence-electron chi connectivity index (χ2n) is 5.44. The number of carbonyl (C=O) groups is 1. The quantitative estimate of drug-likeness (QED) is 0.673. The Kier molecular flexibility index (Phi) is 5.80. The third-order valence-corrected chi connectivity index (χ3v) is 4.10. The largest absolute Gasteiger partial charge is 0.489 e. The van der Waals surface area contributed by atoms with Gasteiger partial charge in [0.05, 0.1) is 5.56 Å². The van der Waals surface area contributed by atoms with Crippen molar-refractivity contribution in [1.29, 1.82) is 0 Å². The van der Waals surface area contributed by atoms with Gasteiger partial charge in [-0.1, -0.05) is 42.5 Å². The van der Waals surface area contributed by atoms with Gasteiger partial charge in [0.1, 0.15) is 12.4 Å². The Bertz CT molecular complexity index is 853. The molecule has 0 unspecified atom stereocenters. The molecule has 1 heterocycles. The minimum absolute atomic E-state index is 0.160. The van der Waals surface area contributed by atoms with Crippen LogP contribution in [0.2, 0.25) is 0 Å². The van der Waals surface area contributed by atoms with E-state index in [-0.39, 0.29) is 5.91 Å². The lowest BCUT2D eigenvalue weighted by Gasteiger charge is -2.12. The van der Waals surface area contributed by atoms with Gasteiger partial charge in [-0.15, -0.1) is 0 Å². The molecule has 0 fully saturated rings. The number of aromatic nitrogens is 1. The summed E-state index contributed by atoms with van der Waals surface area (Å²) in [4.78, 5) is 16.3. The number of para-hydroxylation sites is 1. The second kappa shape index (κ2) is 8.44. The monoisotopic (exact) mass is 396 g/mol. The third kappa shape index (κ3) is 4.90. The fourth-order valence-corrected chi connectivity index (χ4v) is 2.73. The molecule has 3 rings (SSSR count). The van der Waals surface area contributed by atoms with Gasteiger partial charge in [0, 0.05) is 23.4 Å². The molecule has 1 aromatic heterocycles. The summed E-state index contributed by atoms with van der Waals surface area (Å²) >= 11 is 3.32. The average molecular weight is 397 g/mol. The minimum Gasteiger partial charge on any atom is -0.489 e. The molecule has 0 saturated carbocycles. The molecule has 4 nitrogen and oxygen atoms in total. The van der Waals surface area contributed by atoms with Crippen molar-refractivity contribution >= 4 is 21.8 Å². The normalized spacial score (nSPS) is 10.3. The van der Waals surface area contributed by atoms with E-state index in [0.717, 1.165) is 21.3 Å². The molecule has 0 aliphatic rings. The van der Waals surface area contributed by atoms with Crippen LogP contribution in [0.15, 0.2) is 77.5 Å². The van der Waals surface area contributed by atoms with Gasteiger partial charge in [-0.25, -0.2) is 0 Å². The summed E-state index contributed by atoms with van der Waals surface area (Å²) < 4.78 is 6.59. The fourth-order valence-electron chi connectivity index (χ4n) is 2.36. The molecule has 0 spiro atoms. The van der Waals surface area contributed by atoms with Crippen LogP contribution in [-0.4, -0.2) is 10.9 Å². The number of hydrogen-bond acceptors (Lipinski definition) is 3. The number of ether oxygens (including phenoxy) is 1. The van der Waals surface area contributed by atoms with E-state index in [2.05, 4.69) is 26.2 Å². The van der Waals surface area contributed by atoms with Crippen LogP contribution in [0, 0.1) is 0 Å². The van der Waals surface area contributed by atoms with Gasteiger partial charge in [-0.2, -0.15) is 0 Å². The van der Waals surface area contributed by atoms with Crippen molar-refractivity contribution in [1.82, 2.24) is 10.3 Å². The van der Waals surface area contributed by atoms with Gasteiger partial charge in [0.25, 0.3) is 5.91 Å². The summed E-state index contributed by atoms with van der Waals surface area (Å²) in [7, 11) is 0. The predicted octanol–water partition coefficient (Wildman–Crippen LogP) is 4.35. The van der Waals surface area contributed by atoms with Crippen LogP contribution >= 0.6 is 15.9 Å². The average Bonchev–Trinajstić information content (AvgIpc) is 2.66. The van der Waals surface area contributed by atoms with Gasteiger partial charge in [0.15, 0.2) is 0 Å². The molecule has 0 saturated heterocycles. The molecule has 126 valence electrons. The molecule has 3 aromatic rings. The first kappa shape index (κ1) is 17.2. The number of benzene rings is 2. The van der Waals surface area contributed by atoms with E-state index in [1.54, 1.807) is 18.5 Å². The summed E-state index contributed by atoms with van der Waals surface area (Å²) in [5, 5.41) is 2.93. The van der Waals surface area contributed by atoms with Gasteiger partial charge >= 0.3 is 0 Å². The van der Waals surface area contributed by atoms with Crippen LogP contribution in [0.1, 0.15) is 21.5 Å². The number of nitrogens with one attached hydrogen (secondary N) is 1. The van der Waals surface area contributed by atoms with Crippen molar-refractivity contribution in [3.05, 3.63) is 94.2 Å². The molecule has 1 amide bonds. The Morgan fingerprint density at radius 1 is 1.00 bits per heavy atom. The van der Waals surface area contributed by atoms with Crippen LogP contribution in [0.4, 0.5) is 0 Å². The highest BCUT2D eigenvalue weighted by molar-refractivity contribution is 9.10. The zero-order valence-corrected chi connectivity index (χ0v) is 15.1. The maximum Gasteiger partial charge on any atom is 0.253 e. The molecule has 2 aromatic carbocycles. The van der Waals surface area contributed by atoms with Crippen molar-refractivity contribution < 1.29 is 9.53 Å². The highest BCUT2D eigenvalue weighted by Crippen LogP contribution is 2.15. The molecule has 5 heteroatoms. The molecule has 1 N–H and O–H groups in total. The van der Waals surface area contributed by atoms with Crippen molar-refractivity contribution in [3.63, 3.8) is 0 Å². The Hall–Kier alpha value is -2.66. The summed E-state index contributed by atoms with van der Waals surface area (Å²) in [5.41, 5.74) is 2.58. The molecule has 0 aliphatic carbocycles. The van der Waals surface area contributed by atoms with E-state index in [0.29, 0.717) is 18.7 Å². The number of pyridine rings is 1. The van der Waals surface area contributed by atoms with Crippen LogP contribution in [0.3, 0.4) is 0 Å². The zero-order valence-electron chi connectivity index (χ0n) is 13.5. The number of halogens is 1. The third-order valence-electron chi connectivity index (χ3n) is 3.66. The first-order valence-electron chi connectivity index (χ1n) is 7.86. The number of carbonyl (C=O) groups excluding carboxylic acids is 1. The first-order valence-corrected chi connectivity index (χ1v) is 8.65. The summed E-state index contributed by atoms with van der Waals surface area (Å²) in [5.74, 6) is 0.661. The number of rotatable bonds is 6. The van der Waals surface area contributed by atoms with Crippen LogP contribution in [-0.2, 0) is 13.2 Å². The number of amides is 1. The molecule has 0 atom stereocenters. The topological polar surface area (TPSA) is 51.2 Å². The molecule has 0 bridgehead atoms. The maximum absolute atomic E-state index is 12.3.